The molecule has 0 spiro atoms. The van der Waals surface area contributed by atoms with Crippen molar-refractivity contribution >= 4 is 15.9 Å². The first kappa shape index (κ1) is 14.1. The molecule has 0 aliphatic rings. The van der Waals surface area contributed by atoms with Crippen LogP contribution in [-0.4, -0.2) is 15.0 Å². The summed E-state index contributed by atoms with van der Waals surface area (Å²) in [6, 6.07) is 4.05. The molecule has 0 saturated carbocycles. The average molecular weight is 320 g/mol. The van der Waals surface area contributed by atoms with Gasteiger partial charge in [0.15, 0.2) is 5.82 Å². The maximum Gasteiger partial charge on any atom is 0.178 e. The monoisotopic (exact) mass is 319 g/mol. The van der Waals surface area contributed by atoms with Crippen LogP contribution in [0.2, 0.25) is 0 Å². The van der Waals surface area contributed by atoms with E-state index in [2.05, 4.69) is 45.8 Å². The normalized spacial score (nSPS) is 10.7. The van der Waals surface area contributed by atoms with E-state index in [0.29, 0.717) is 0 Å². The van der Waals surface area contributed by atoms with Gasteiger partial charge in [-0.2, -0.15) is 0 Å². The molecule has 0 N–H and O–H groups in total. The summed E-state index contributed by atoms with van der Waals surface area (Å²) in [7, 11) is 0. The molecular formula is C15H18BrN3. The highest BCUT2D eigenvalue weighted by atomic mass is 79.9. The zero-order chi connectivity index (χ0) is 13.7. The van der Waals surface area contributed by atoms with Gasteiger partial charge in [-0.15, -0.1) is 0 Å². The molecular weight excluding hydrogens is 302 g/mol. The van der Waals surface area contributed by atoms with Crippen molar-refractivity contribution in [3.05, 3.63) is 41.3 Å². The van der Waals surface area contributed by atoms with Crippen molar-refractivity contribution in [3.63, 3.8) is 0 Å². The Morgan fingerprint density at radius 2 is 2.00 bits per heavy atom. The zero-order valence-electron chi connectivity index (χ0n) is 11.4. The summed E-state index contributed by atoms with van der Waals surface area (Å²) in [6.07, 6.45) is 6.71. The van der Waals surface area contributed by atoms with Gasteiger partial charge in [0.25, 0.3) is 0 Å². The van der Waals surface area contributed by atoms with E-state index >= 15 is 0 Å². The van der Waals surface area contributed by atoms with E-state index in [-0.39, 0.29) is 0 Å². The summed E-state index contributed by atoms with van der Waals surface area (Å²) < 4.78 is 0. The van der Waals surface area contributed by atoms with Crippen LogP contribution in [0.25, 0.3) is 11.5 Å². The number of aromatic nitrogens is 3. The first-order valence-corrected chi connectivity index (χ1v) is 7.77. The lowest BCUT2D eigenvalue weighted by Crippen LogP contribution is -2.03. The van der Waals surface area contributed by atoms with E-state index in [0.717, 1.165) is 41.8 Å². The van der Waals surface area contributed by atoms with Crippen LogP contribution in [-0.2, 0) is 18.2 Å². The van der Waals surface area contributed by atoms with Crippen molar-refractivity contribution in [2.45, 2.75) is 38.4 Å². The molecule has 2 aromatic heterocycles. The van der Waals surface area contributed by atoms with Gasteiger partial charge in [-0.3, -0.25) is 4.98 Å². The Morgan fingerprint density at radius 3 is 2.68 bits per heavy atom. The van der Waals surface area contributed by atoms with Crippen LogP contribution in [0.1, 0.15) is 37.1 Å². The molecule has 0 aliphatic carbocycles. The van der Waals surface area contributed by atoms with Gasteiger partial charge in [-0.1, -0.05) is 42.3 Å². The molecule has 0 radical (unpaired) electrons. The Hall–Kier alpha value is -1.29. The predicted molar refractivity (Wildman–Crippen MR) is 81.3 cm³/mol. The minimum atomic E-state index is 0.741. The molecule has 0 fully saturated rings. The van der Waals surface area contributed by atoms with Crippen LogP contribution in [0.5, 0.6) is 0 Å². The van der Waals surface area contributed by atoms with Gasteiger partial charge < -0.3 is 0 Å². The van der Waals surface area contributed by atoms with Crippen molar-refractivity contribution in [1.29, 1.82) is 0 Å². The molecule has 0 atom stereocenters. The quantitative estimate of drug-likeness (QED) is 0.783. The van der Waals surface area contributed by atoms with Gasteiger partial charge in [0.1, 0.15) is 5.69 Å². The standard InChI is InChI=1S/C15H18BrN3/c1-3-6-13-12(9-16)10-18-15(19-13)14-11(4-2)7-5-8-17-14/h5,7-8,10H,3-4,6,9H2,1-2H3. The fraction of sp³-hybridized carbons (Fsp3) is 0.400. The summed E-state index contributed by atoms with van der Waals surface area (Å²) in [5.41, 5.74) is 4.39. The second-order valence-corrected chi connectivity index (χ2v) is 4.97. The molecule has 19 heavy (non-hydrogen) atoms. The maximum absolute atomic E-state index is 4.71. The Morgan fingerprint density at radius 1 is 1.16 bits per heavy atom. The van der Waals surface area contributed by atoms with Gasteiger partial charge >= 0.3 is 0 Å². The third-order valence-corrected chi connectivity index (χ3v) is 3.67. The lowest BCUT2D eigenvalue weighted by Gasteiger charge is -2.09. The minimum Gasteiger partial charge on any atom is -0.253 e. The number of halogens is 1. The summed E-state index contributed by atoms with van der Waals surface area (Å²) in [6.45, 7) is 4.29. The summed E-state index contributed by atoms with van der Waals surface area (Å²) in [4.78, 5) is 13.6. The summed E-state index contributed by atoms with van der Waals surface area (Å²) in [5.74, 6) is 0.741. The summed E-state index contributed by atoms with van der Waals surface area (Å²) >= 11 is 3.49. The first-order valence-electron chi connectivity index (χ1n) is 6.65. The highest BCUT2D eigenvalue weighted by molar-refractivity contribution is 9.08. The van der Waals surface area contributed by atoms with E-state index < -0.39 is 0 Å². The third-order valence-electron chi connectivity index (χ3n) is 3.07. The molecule has 4 heteroatoms. The van der Waals surface area contributed by atoms with Crippen LogP contribution in [0.15, 0.2) is 24.5 Å². The van der Waals surface area contributed by atoms with E-state index in [1.807, 2.05) is 12.3 Å². The van der Waals surface area contributed by atoms with Gasteiger partial charge in [-0.05, 0) is 24.5 Å². The molecule has 2 rings (SSSR count). The molecule has 0 aliphatic heterocycles. The number of alkyl halides is 1. The molecule has 0 saturated heterocycles. The van der Waals surface area contributed by atoms with Gasteiger partial charge in [0, 0.05) is 29.0 Å². The average Bonchev–Trinajstić information content (AvgIpc) is 2.47. The van der Waals surface area contributed by atoms with Crippen LogP contribution < -0.4 is 0 Å². The minimum absolute atomic E-state index is 0.741. The number of rotatable bonds is 5. The fourth-order valence-corrected chi connectivity index (χ4v) is 2.51. The van der Waals surface area contributed by atoms with Crippen molar-refractivity contribution in [2.24, 2.45) is 0 Å². The SMILES string of the molecule is CCCc1nc(-c2ncccc2CC)ncc1CBr. The highest BCUT2D eigenvalue weighted by Crippen LogP contribution is 2.20. The number of aryl methyl sites for hydroxylation is 2. The number of pyridine rings is 1. The molecule has 0 amide bonds. The van der Waals surface area contributed by atoms with Gasteiger partial charge in [0.05, 0.1) is 0 Å². The van der Waals surface area contributed by atoms with Gasteiger partial charge in [-0.25, -0.2) is 9.97 Å². The Kier molecular flexibility index (Phi) is 5.02. The molecule has 0 aromatic carbocycles. The van der Waals surface area contributed by atoms with Crippen molar-refractivity contribution in [3.8, 4) is 11.5 Å². The molecule has 0 unspecified atom stereocenters. The Balaban J connectivity index is 2.47. The fourth-order valence-electron chi connectivity index (χ4n) is 2.05. The second-order valence-electron chi connectivity index (χ2n) is 4.41. The van der Waals surface area contributed by atoms with Crippen molar-refractivity contribution in [1.82, 2.24) is 15.0 Å². The Bertz CT molecular complexity index is 555. The lowest BCUT2D eigenvalue weighted by molar-refractivity contribution is 0.858. The molecule has 0 bridgehead atoms. The van der Waals surface area contributed by atoms with Gasteiger partial charge in [0.2, 0.25) is 0 Å². The third kappa shape index (κ3) is 3.18. The van der Waals surface area contributed by atoms with Crippen molar-refractivity contribution < 1.29 is 0 Å². The molecule has 3 nitrogen and oxygen atoms in total. The lowest BCUT2D eigenvalue weighted by atomic mass is 10.1. The van der Waals surface area contributed by atoms with E-state index in [4.69, 9.17) is 4.98 Å². The second kappa shape index (κ2) is 6.75. The number of nitrogens with zero attached hydrogens (tertiary/aromatic N) is 3. The van der Waals surface area contributed by atoms with Crippen LogP contribution in [0.4, 0.5) is 0 Å². The molecule has 100 valence electrons. The predicted octanol–water partition coefficient (Wildman–Crippen LogP) is 3.95. The zero-order valence-corrected chi connectivity index (χ0v) is 12.9. The highest BCUT2D eigenvalue weighted by Gasteiger charge is 2.11. The summed E-state index contributed by atoms with van der Waals surface area (Å²) in [5, 5.41) is 0.797. The topological polar surface area (TPSA) is 38.7 Å². The number of hydrogen-bond acceptors (Lipinski definition) is 3. The van der Waals surface area contributed by atoms with E-state index in [1.165, 1.54) is 11.1 Å². The maximum atomic E-state index is 4.71. The molecule has 2 aromatic rings. The van der Waals surface area contributed by atoms with Crippen LogP contribution in [0.3, 0.4) is 0 Å². The smallest absolute Gasteiger partial charge is 0.178 e. The first-order chi connectivity index (χ1) is 9.30. The largest absolute Gasteiger partial charge is 0.253 e. The van der Waals surface area contributed by atoms with E-state index in [1.54, 1.807) is 6.20 Å². The van der Waals surface area contributed by atoms with Crippen molar-refractivity contribution in [2.75, 3.05) is 0 Å². The van der Waals surface area contributed by atoms with Crippen LogP contribution in [0, 0.1) is 0 Å². The Labute approximate surface area is 122 Å². The van der Waals surface area contributed by atoms with E-state index in [9.17, 15) is 0 Å². The number of hydrogen-bond donors (Lipinski definition) is 0. The molecule has 2 heterocycles. The van der Waals surface area contributed by atoms with Crippen LogP contribution >= 0.6 is 15.9 Å².